The molecule has 1 aliphatic rings. The maximum absolute atomic E-state index is 12.5. The third kappa shape index (κ3) is 4.92. The van der Waals surface area contributed by atoms with Crippen LogP contribution in [0.4, 0.5) is 0 Å². The van der Waals surface area contributed by atoms with Crippen molar-refractivity contribution >= 4 is 33.3 Å². The second-order valence-corrected chi connectivity index (χ2v) is 9.53. The van der Waals surface area contributed by atoms with Crippen molar-refractivity contribution in [2.75, 3.05) is 13.2 Å². The molecule has 0 radical (unpaired) electrons. The first-order chi connectivity index (χ1) is 14.8. The normalized spacial score (nSPS) is 21.5. The molecule has 0 amide bonds. The first kappa shape index (κ1) is 22.2. The molecule has 1 fully saturated rings. The van der Waals surface area contributed by atoms with Crippen molar-refractivity contribution in [3.8, 4) is 0 Å². The Morgan fingerprint density at radius 1 is 1.23 bits per heavy atom. The summed E-state index contributed by atoms with van der Waals surface area (Å²) in [5.74, 6) is -1.31. The van der Waals surface area contributed by atoms with Crippen molar-refractivity contribution in [1.82, 2.24) is 14.8 Å². The molecule has 8 nitrogen and oxygen atoms in total. The molecule has 0 bridgehead atoms. The highest BCUT2D eigenvalue weighted by Gasteiger charge is 2.46. The highest BCUT2D eigenvalue weighted by Crippen LogP contribution is 2.40. The van der Waals surface area contributed by atoms with E-state index >= 15 is 0 Å². The lowest BCUT2D eigenvalue weighted by atomic mass is 10.1. The van der Waals surface area contributed by atoms with Gasteiger partial charge in [-0.1, -0.05) is 47.0 Å². The van der Waals surface area contributed by atoms with Crippen LogP contribution in [0.5, 0.6) is 0 Å². The predicted molar refractivity (Wildman–Crippen MR) is 113 cm³/mol. The first-order valence-electron chi connectivity index (χ1n) is 9.33. The summed E-state index contributed by atoms with van der Waals surface area (Å²) in [6, 6.07) is 11.4. The third-order valence-corrected chi connectivity index (χ3v) is 6.60. The first-order valence-corrected chi connectivity index (χ1v) is 11.5. The number of aryl methyl sites for hydroxylation is 1. The molecule has 4 rings (SSSR count). The topological polar surface area (TPSA) is 92.5 Å². The van der Waals surface area contributed by atoms with Gasteiger partial charge in [-0.25, -0.2) is 9.67 Å². The second kappa shape index (κ2) is 8.85. The van der Waals surface area contributed by atoms with Crippen LogP contribution in [0.1, 0.15) is 11.1 Å². The Hall–Kier alpha value is -2.01. The number of nitrogens with zero attached hydrogens (tertiary/aromatic N) is 3. The van der Waals surface area contributed by atoms with Crippen LogP contribution in [0.2, 0.25) is 10.0 Å². The van der Waals surface area contributed by atoms with Gasteiger partial charge in [0.05, 0.1) is 23.1 Å². The van der Waals surface area contributed by atoms with Gasteiger partial charge in [-0.3, -0.25) is 4.18 Å². The quantitative estimate of drug-likeness (QED) is 0.474. The largest absolute Gasteiger partial charge is 0.342 e. The van der Waals surface area contributed by atoms with E-state index in [0.29, 0.717) is 15.6 Å². The Labute approximate surface area is 189 Å². The van der Waals surface area contributed by atoms with Gasteiger partial charge < -0.3 is 9.47 Å². The van der Waals surface area contributed by atoms with Crippen LogP contribution in [-0.2, 0) is 36.1 Å². The standard InChI is InChI=1S/C20H19Cl2N3O5S/c1-14-2-5-17(6-3-14)31(26,27)29-10-16-9-28-20(30-16,11-25-13-23-12-24-25)18-7-4-15(21)8-19(18)22/h2-8,12-13,16H,9-11H2,1H3/t16-,20?/m0/s1. The van der Waals surface area contributed by atoms with Crippen molar-refractivity contribution in [3.05, 3.63) is 76.3 Å². The molecule has 11 heteroatoms. The van der Waals surface area contributed by atoms with Crippen LogP contribution in [0, 0.1) is 6.92 Å². The summed E-state index contributed by atoms with van der Waals surface area (Å²) in [6.45, 7) is 1.89. The van der Waals surface area contributed by atoms with E-state index < -0.39 is 22.0 Å². The van der Waals surface area contributed by atoms with Crippen LogP contribution in [0.25, 0.3) is 0 Å². The van der Waals surface area contributed by atoms with Crippen molar-refractivity contribution in [1.29, 1.82) is 0 Å². The third-order valence-electron chi connectivity index (χ3n) is 4.76. The van der Waals surface area contributed by atoms with E-state index in [-0.39, 0.29) is 24.7 Å². The molecule has 164 valence electrons. The van der Waals surface area contributed by atoms with Crippen molar-refractivity contribution in [3.63, 3.8) is 0 Å². The smallest absolute Gasteiger partial charge is 0.297 e. The van der Waals surface area contributed by atoms with Crippen LogP contribution >= 0.6 is 23.2 Å². The SMILES string of the molecule is Cc1ccc(S(=O)(=O)OC[C@@H]2COC(Cn3cncn3)(c3ccc(Cl)cc3Cl)O2)cc1. The molecule has 0 saturated carbocycles. The molecular formula is C20H19Cl2N3O5S. The van der Waals surface area contributed by atoms with Gasteiger partial charge in [0.15, 0.2) is 0 Å². The molecular weight excluding hydrogens is 465 g/mol. The van der Waals surface area contributed by atoms with E-state index in [1.54, 1.807) is 30.3 Å². The van der Waals surface area contributed by atoms with E-state index in [0.717, 1.165) is 5.56 Å². The van der Waals surface area contributed by atoms with Crippen molar-refractivity contribution < 1.29 is 22.1 Å². The van der Waals surface area contributed by atoms with E-state index in [1.807, 2.05) is 6.92 Å². The van der Waals surface area contributed by atoms with Crippen LogP contribution < -0.4 is 0 Å². The zero-order valence-electron chi connectivity index (χ0n) is 16.4. The molecule has 2 aromatic carbocycles. The highest BCUT2D eigenvalue weighted by atomic mass is 35.5. The number of ether oxygens (including phenoxy) is 2. The van der Waals surface area contributed by atoms with Gasteiger partial charge in [-0.05, 0) is 31.2 Å². The lowest BCUT2D eigenvalue weighted by Gasteiger charge is -2.29. The lowest BCUT2D eigenvalue weighted by molar-refractivity contribution is -0.190. The van der Waals surface area contributed by atoms with Gasteiger partial charge >= 0.3 is 0 Å². The minimum absolute atomic E-state index is 0.0756. The number of hydrogen-bond acceptors (Lipinski definition) is 7. The summed E-state index contributed by atoms with van der Waals surface area (Å²) in [5, 5.41) is 4.92. The number of hydrogen-bond donors (Lipinski definition) is 0. The van der Waals surface area contributed by atoms with Crippen LogP contribution in [0.3, 0.4) is 0 Å². The fourth-order valence-electron chi connectivity index (χ4n) is 3.22. The number of rotatable bonds is 7. The Morgan fingerprint density at radius 3 is 2.68 bits per heavy atom. The van der Waals surface area contributed by atoms with Gasteiger partial charge in [0.2, 0.25) is 5.79 Å². The van der Waals surface area contributed by atoms with E-state index in [4.69, 9.17) is 36.9 Å². The van der Waals surface area contributed by atoms with Gasteiger partial charge in [0.1, 0.15) is 25.3 Å². The Morgan fingerprint density at radius 2 is 2.00 bits per heavy atom. The molecule has 1 aliphatic heterocycles. The van der Waals surface area contributed by atoms with Gasteiger partial charge in [-0.15, -0.1) is 0 Å². The van der Waals surface area contributed by atoms with Crippen molar-refractivity contribution in [2.45, 2.75) is 30.3 Å². The zero-order chi connectivity index (χ0) is 22.1. The fraction of sp³-hybridized carbons (Fsp3) is 0.300. The highest BCUT2D eigenvalue weighted by molar-refractivity contribution is 7.86. The summed E-state index contributed by atoms with van der Waals surface area (Å²) in [7, 11) is -3.94. The maximum atomic E-state index is 12.5. The second-order valence-electron chi connectivity index (χ2n) is 7.07. The minimum Gasteiger partial charge on any atom is -0.342 e. The average molecular weight is 484 g/mol. The Balaban J connectivity index is 1.53. The lowest BCUT2D eigenvalue weighted by Crippen LogP contribution is -2.35. The number of aromatic nitrogens is 3. The van der Waals surface area contributed by atoms with E-state index in [1.165, 1.54) is 29.5 Å². The Bertz CT molecular complexity index is 1160. The molecule has 1 aromatic heterocycles. The summed E-state index contributed by atoms with van der Waals surface area (Å²) >= 11 is 12.4. The van der Waals surface area contributed by atoms with Gasteiger partial charge in [0, 0.05) is 10.6 Å². The Kier molecular flexibility index (Phi) is 6.34. The zero-order valence-corrected chi connectivity index (χ0v) is 18.8. The summed E-state index contributed by atoms with van der Waals surface area (Å²) in [4.78, 5) is 4.01. The summed E-state index contributed by atoms with van der Waals surface area (Å²) in [5.41, 5.74) is 1.49. The molecule has 31 heavy (non-hydrogen) atoms. The minimum atomic E-state index is -3.94. The summed E-state index contributed by atoms with van der Waals surface area (Å²) in [6.07, 6.45) is 2.25. The van der Waals surface area contributed by atoms with Crippen LogP contribution in [0.15, 0.2) is 60.0 Å². The molecule has 2 atom stereocenters. The number of benzene rings is 2. The average Bonchev–Trinajstić information content (AvgIpc) is 3.38. The molecule has 0 aliphatic carbocycles. The van der Waals surface area contributed by atoms with Crippen molar-refractivity contribution in [2.24, 2.45) is 0 Å². The molecule has 2 heterocycles. The fourth-order valence-corrected chi connectivity index (χ4v) is 4.71. The monoisotopic (exact) mass is 483 g/mol. The summed E-state index contributed by atoms with van der Waals surface area (Å²) < 4.78 is 43.9. The predicted octanol–water partition coefficient (Wildman–Crippen LogP) is 3.57. The van der Waals surface area contributed by atoms with Gasteiger partial charge in [0.25, 0.3) is 10.1 Å². The number of halogens is 2. The molecule has 0 spiro atoms. The van der Waals surface area contributed by atoms with Crippen LogP contribution in [-0.4, -0.2) is 42.5 Å². The van der Waals surface area contributed by atoms with E-state index in [9.17, 15) is 8.42 Å². The van der Waals surface area contributed by atoms with Gasteiger partial charge in [-0.2, -0.15) is 13.5 Å². The molecule has 1 unspecified atom stereocenters. The molecule has 0 N–H and O–H groups in total. The van der Waals surface area contributed by atoms with E-state index in [2.05, 4.69) is 10.1 Å². The molecule has 1 saturated heterocycles. The maximum Gasteiger partial charge on any atom is 0.297 e. The molecule has 3 aromatic rings.